The molecule has 10 nitrogen and oxygen atoms in total. The van der Waals surface area contributed by atoms with Crippen LogP contribution >= 0.6 is 0 Å². The monoisotopic (exact) mass is 620 g/mol. The molecule has 7 rings (SSSR count). The first-order valence-electron chi connectivity index (χ1n) is 16.4. The Labute approximate surface area is 268 Å². The van der Waals surface area contributed by atoms with Crippen molar-refractivity contribution in [3.8, 4) is 39.4 Å². The van der Waals surface area contributed by atoms with Crippen molar-refractivity contribution < 1.29 is 19.1 Å². The lowest BCUT2D eigenvalue weighted by Crippen LogP contribution is -2.24. The number of aromatic amines is 2. The van der Waals surface area contributed by atoms with E-state index < -0.39 is 0 Å². The number of amides is 2. The van der Waals surface area contributed by atoms with Crippen LogP contribution in [0, 0.1) is 0 Å². The van der Waals surface area contributed by atoms with Crippen LogP contribution in [0.15, 0.2) is 67.0 Å². The predicted octanol–water partition coefficient (Wildman–Crippen LogP) is 6.22. The third-order valence-corrected chi connectivity index (χ3v) is 9.36. The van der Waals surface area contributed by atoms with Gasteiger partial charge >= 0.3 is 0 Å². The molecule has 10 heteroatoms. The Kier molecular flexibility index (Phi) is 8.96. The third-order valence-electron chi connectivity index (χ3n) is 9.36. The molecular weight excluding hydrogens is 580 g/mol. The summed E-state index contributed by atoms with van der Waals surface area (Å²) in [6.07, 6.45) is 16.5. The van der Waals surface area contributed by atoms with Gasteiger partial charge in [0.1, 0.15) is 17.4 Å². The van der Waals surface area contributed by atoms with Crippen LogP contribution in [0.1, 0.15) is 68.7 Å². The molecule has 0 spiro atoms. The summed E-state index contributed by atoms with van der Waals surface area (Å²) in [5.74, 6) is 2.39. The molecule has 46 heavy (non-hydrogen) atoms. The number of allylic oxidation sites excluding steroid dienone is 1. The SMILES string of the molecule is O=CN1CCCC1c1ncc(-c2ccc(-c3ccc4c(c3)OCCCCC/C=C/COC3CC(c5ncc-4[nH]5)N(C=O)C3)cc2)[nH]1. The number of likely N-dealkylation sites (tertiary alicyclic amines) is 2. The van der Waals surface area contributed by atoms with E-state index in [4.69, 9.17) is 14.5 Å². The first kappa shape index (κ1) is 30.0. The second-order valence-corrected chi connectivity index (χ2v) is 12.3. The number of fused-ring (bicyclic) bond motifs is 7. The Bertz CT molecular complexity index is 1680. The lowest BCUT2D eigenvalue weighted by Gasteiger charge is -2.17. The van der Waals surface area contributed by atoms with E-state index in [0.717, 1.165) is 109 Å². The van der Waals surface area contributed by atoms with Gasteiger partial charge in [0, 0.05) is 25.1 Å². The largest absolute Gasteiger partial charge is 0.493 e. The summed E-state index contributed by atoms with van der Waals surface area (Å²) in [6, 6.07) is 14.6. The predicted molar refractivity (Wildman–Crippen MR) is 175 cm³/mol. The molecule has 0 radical (unpaired) electrons. The van der Waals surface area contributed by atoms with Crippen molar-refractivity contribution >= 4 is 12.8 Å². The van der Waals surface area contributed by atoms with E-state index >= 15 is 0 Å². The van der Waals surface area contributed by atoms with Gasteiger partial charge in [-0.15, -0.1) is 0 Å². The molecule has 2 aromatic heterocycles. The number of ether oxygens (including phenoxy) is 2. The van der Waals surface area contributed by atoms with Gasteiger partial charge in [-0.3, -0.25) is 9.59 Å². The van der Waals surface area contributed by atoms with Crippen LogP contribution in [0.4, 0.5) is 0 Å². The second-order valence-electron chi connectivity index (χ2n) is 12.3. The van der Waals surface area contributed by atoms with Crippen LogP contribution in [0.2, 0.25) is 0 Å². The zero-order chi connectivity index (χ0) is 31.3. The molecule has 2 fully saturated rings. The van der Waals surface area contributed by atoms with Crippen molar-refractivity contribution in [2.75, 3.05) is 26.3 Å². The normalized spacial score (nSPS) is 22.8. The van der Waals surface area contributed by atoms with E-state index in [9.17, 15) is 9.59 Å². The fourth-order valence-corrected chi connectivity index (χ4v) is 6.82. The molecule has 3 aliphatic heterocycles. The summed E-state index contributed by atoms with van der Waals surface area (Å²) in [6.45, 7) is 2.51. The lowest BCUT2D eigenvalue weighted by molar-refractivity contribution is -0.120. The summed E-state index contributed by atoms with van der Waals surface area (Å²) < 4.78 is 12.5. The van der Waals surface area contributed by atoms with Gasteiger partial charge in [-0.1, -0.05) is 42.5 Å². The molecule has 2 saturated heterocycles. The summed E-state index contributed by atoms with van der Waals surface area (Å²) in [7, 11) is 0. The Hall–Kier alpha value is -4.70. The molecule has 2 amide bonds. The number of hydrogen-bond acceptors (Lipinski definition) is 6. The van der Waals surface area contributed by atoms with Crippen LogP contribution < -0.4 is 4.74 Å². The van der Waals surface area contributed by atoms with Gasteiger partial charge in [-0.25, -0.2) is 9.97 Å². The highest BCUT2D eigenvalue weighted by molar-refractivity contribution is 5.76. The van der Waals surface area contributed by atoms with Gasteiger partial charge in [0.25, 0.3) is 0 Å². The van der Waals surface area contributed by atoms with Crippen LogP contribution in [0.5, 0.6) is 5.75 Å². The van der Waals surface area contributed by atoms with E-state index in [1.165, 1.54) is 0 Å². The van der Waals surface area contributed by atoms with Crippen molar-refractivity contribution in [2.45, 2.75) is 63.1 Å². The molecule has 0 aliphatic carbocycles. The number of imidazole rings is 2. The van der Waals surface area contributed by atoms with Gasteiger partial charge in [0.2, 0.25) is 12.8 Å². The molecule has 4 aromatic rings. The van der Waals surface area contributed by atoms with E-state index in [0.29, 0.717) is 26.2 Å². The molecule has 2 N–H and O–H groups in total. The van der Waals surface area contributed by atoms with Crippen LogP contribution in [0.25, 0.3) is 33.6 Å². The standard InChI is InChI=1S/C36H40N6O4/c43-23-41-15-7-8-32(41)35-37-20-30(39-35)26-11-9-25(10-12-26)27-13-14-29-31-21-38-36(40-31)33-19-28(22-42(33)24-44)45-16-5-3-1-2-4-6-17-46-34(29)18-27/h3,5,9-14,18,20-21,23-24,28,32-33H,1-2,4,6-8,15-17,19,22H2,(H,37,39)(H,38,40)/b5-3+. The van der Waals surface area contributed by atoms with Crippen molar-refractivity contribution in [3.05, 3.63) is 78.7 Å². The summed E-state index contributed by atoms with van der Waals surface area (Å²) in [5.41, 5.74) is 5.90. The fraction of sp³-hybridized carbons (Fsp3) is 0.389. The molecule has 3 aliphatic rings. The summed E-state index contributed by atoms with van der Waals surface area (Å²) >= 11 is 0. The smallest absolute Gasteiger partial charge is 0.210 e. The molecule has 4 bridgehead atoms. The lowest BCUT2D eigenvalue weighted by atomic mass is 10.00. The van der Waals surface area contributed by atoms with Crippen LogP contribution in [-0.2, 0) is 14.3 Å². The van der Waals surface area contributed by atoms with E-state index in [1.807, 2.05) is 17.3 Å². The summed E-state index contributed by atoms with van der Waals surface area (Å²) in [5, 5.41) is 0. The topological polar surface area (TPSA) is 116 Å². The minimum Gasteiger partial charge on any atom is -0.493 e. The van der Waals surface area contributed by atoms with Crippen molar-refractivity contribution in [1.82, 2.24) is 29.7 Å². The van der Waals surface area contributed by atoms with Gasteiger partial charge in [0.15, 0.2) is 0 Å². The van der Waals surface area contributed by atoms with Crippen molar-refractivity contribution in [1.29, 1.82) is 0 Å². The van der Waals surface area contributed by atoms with Crippen molar-refractivity contribution in [2.24, 2.45) is 0 Å². The number of nitrogens with zero attached hydrogens (tertiary/aromatic N) is 4. The number of H-pyrrole nitrogens is 2. The number of carbonyl (C=O) groups is 2. The van der Waals surface area contributed by atoms with E-state index in [1.54, 1.807) is 4.90 Å². The fourth-order valence-electron chi connectivity index (χ4n) is 6.82. The Morgan fingerprint density at radius 1 is 0.783 bits per heavy atom. The third kappa shape index (κ3) is 6.35. The zero-order valence-electron chi connectivity index (χ0n) is 25.9. The van der Waals surface area contributed by atoms with Gasteiger partial charge < -0.3 is 29.2 Å². The average Bonchev–Trinajstić information content (AvgIpc) is 3.91. The average molecular weight is 621 g/mol. The first-order chi connectivity index (χ1) is 22.7. The highest BCUT2D eigenvalue weighted by Gasteiger charge is 2.35. The number of hydrogen-bond donors (Lipinski definition) is 2. The van der Waals surface area contributed by atoms with Gasteiger partial charge in [-0.2, -0.15) is 0 Å². The molecular formula is C36H40N6O4. The van der Waals surface area contributed by atoms with Crippen molar-refractivity contribution in [3.63, 3.8) is 0 Å². The van der Waals surface area contributed by atoms with E-state index in [-0.39, 0.29) is 18.2 Å². The number of rotatable bonds is 5. The number of aromatic nitrogens is 4. The second kappa shape index (κ2) is 13.7. The molecule has 3 atom stereocenters. The Balaban J connectivity index is 1.14. The maximum Gasteiger partial charge on any atom is 0.210 e. The number of carbonyl (C=O) groups excluding carboxylic acids is 2. The molecule has 3 unspecified atom stereocenters. The Morgan fingerprint density at radius 3 is 2.39 bits per heavy atom. The maximum absolute atomic E-state index is 11.9. The zero-order valence-corrected chi connectivity index (χ0v) is 25.9. The van der Waals surface area contributed by atoms with Crippen LogP contribution in [-0.4, -0.2) is 75.0 Å². The van der Waals surface area contributed by atoms with Crippen LogP contribution in [0.3, 0.4) is 0 Å². The summed E-state index contributed by atoms with van der Waals surface area (Å²) in [4.78, 5) is 43.1. The quantitative estimate of drug-likeness (QED) is 0.202. The minimum atomic E-state index is -0.158. The van der Waals surface area contributed by atoms with Gasteiger partial charge in [0.05, 0.1) is 55.2 Å². The highest BCUT2D eigenvalue weighted by atomic mass is 16.5. The number of benzene rings is 2. The highest BCUT2D eigenvalue weighted by Crippen LogP contribution is 2.37. The minimum absolute atomic E-state index is 0.0177. The van der Waals surface area contributed by atoms with E-state index in [2.05, 4.69) is 69.6 Å². The molecule has 238 valence electrons. The molecule has 5 heterocycles. The maximum atomic E-state index is 11.9. The first-order valence-corrected chi connectivity index (χ1v) is 16.4. The Morgan fingerprint density at radius 2 is 1.54 bits per heavy atom. The molecule has 0 saturated carbocycles. The number of nitrogens with one attached hydrogen (secondary N) is 2. The molecule has 2 aromatic carbocycles. The van der Waals surface area contributed by atoms with Gasteiger partial charge in [-0.05, 0) is 67.3 Å².